The van der Waals surface area contributed by atoms with Gasteiger partial charge in [0.1, 0.15) is 0 Å². The van der Waals surface area contributed by atoms with Gasteiger partial charge in [-0.15, -0.1) is 0 Å². The number of hydrogen-bond donors (Lipinski definition) is 0. The molecular weight excluding hydrogens is 346 g/mol. The SMILES string of the molecule is CN1CCN(Cc2cccc(S(=O)(=O)n3ccc4ccccc43)c2)CC1. The van der Waals surface area contributed by atoms with E-state index in [1.165, 1.54) is 3.97 Å². The second kappa shape index (κ2) is 6.87. The molecule has 1 aliphatic rings. The van der Waals surface area contributed by atoms with Gasteiger partial charge in [-0.1, -0.05) is 30.3 Å². The first kappa shape index (κ1) is 17.3. The number of nitrogens with zero attached hydrogens (tertiary/aromatic N) is 3. The Kier molecular flexibility index (Phi) is 4.56. The molecule has 26 heavy (non-hydrogen) atoms. The van der Waals surface area contributed by atoms with E-state index in [0.29, 0.717) is 10.4 Å². The summed E-state index contributed by atoms with van der Waals surface area (Å²) in [6.45, 7) is 4.90. The van der Waals surface area contributed by atoms with Crippen molar-refractivity contribution < 1.29 is 8.42 Å². The molecule has 4 rings (SSSR count). The van der Waals surface area contributed by atoms with Crippen molar-refractivity contribution in [3.05, 3.63) is 66.4 Å². The highest BCUT2D eigenvalue weighted by atomic mass is 32.2. The van der Waals surface area contributed by atoms with Crippen LogP contribution in [-0.4, -0.2) is 55.4 Å². The molecule has 0 amide bonds. The number of fused-ring (bicyclic) bond motifs is 1. The van der Waals surface area contributed by atoms with E-state index in [2.05, 4.69) is 16.8 Å². The largest absolute Gasteiger partial charge is 0.304 e. The second-order valence-corrected chi connectivity index (χ2v) is 8.72. The Morgan fingerprint density at radius 3 is 2.50 bits per heavy atom. The van der Waals surface area contributed by atoms with Crippen LogP contribution in [0.2, 0.25) is 0 Å². The summed E-state index contributed by atoms with van der Waals surface area (Å²) in [5.74, 6) is 0. The van der Waals surface area contributed by atoms with Crippen LogP contribution in [0.3, 0.4) is 0 Å². The molecule has 1 saturated heterocycles. The first-order valence-electron chi connectivity index (χ1n) is 8.85. The molecule has 2 heterocycles. The summed E-state index contributed by atoms with van der Waals surface area (Å²) >= 11 is 0. The molecule has 0 atom stereocenters. The summed E-state index contributed by atoms with van der Waals surface area (Å²) < 4.78 is 27.7. The summed E-state index contributed by atoms with van der Waals surface area (Å²) in [5.41, 5.74) is 1.74. The van der Waals surface area contributed by atoms with E-state index in [1.54, 1.807) is 12.3 Å². The Morgan fingerprint density at radius 2 is 1.69 bits per heavy atom. The van der Waals surface area contributed by atoms with Crippen LogP contribution < -0.4 is 0 Å². The van der Waals surface area contributed by atoms with Crippen LogP contribution in [0.1, 0.15) is 5.56 Å². The standard InChI is InChI=1S/C20H23N3O2S/c1-21-11-13-22(14-12-21)16-17-5-4-7-19(15-17)26(24,25)23-10-9-18-6-2-3-8-20(18)23/h2-10,15H,11-14,16H2,1H3. The van der Waals surface area contributed by atoms with Crippen molar-refractivity contribution in [1.29, 1.82) is 0 Å². The predicted octanol–water partition coefficient (Wildman–Crippen LogP) is 2.63. The molecule has 0 bridgehead atoms. The van der Waals surface area contributed by atoms with Gasteiger partial charge in [0.05, 0.1) is 10.4 Å². The van der Waals surface area contributed by atoms with E-state index >= 15 is 0 Å². The van der Waals surface area contributed by atoms with Crippen molar-refractivity contribution in [2.75, 3.05) is 33.2 Å². The van der Waals surface area contributed by atoms with Gasteiger partial charge in [0.15, 0.2) is 0 Å². The zero-order chi connectivity index (χ0) is 18.1. The molecule has 0 radical (unpaired) electrons. The monoisotopic (exact) mass is 369 g/mol. The Hall–Kier alpha value is -2.15. The minimum Gasteiger partial charge on any atom is -0.304 e. The number of likely N-dealkylation sites (N-methyl/N-ethyl adjacent to an activating group) is 1. The second-order valence-electron chi connectivity index (χ2n) is 6.90. The molecule has 0 saturated carbocycles. The molecule has 0 N–H and O–H groups in total. The quantitative estimate of drug-likeness (QED) is 0.709. The van der Waals surface area contributed by atoms with E-state index in [4.69, 9.17) is 0 Å². The van der Waals surface area contributed by atoms with Gasteiger partial charge in [-0.2, -0.15) is 0 Å². The minimum absolute atomic E-state index is 0.338. The van der Waals surface area contributed by atoms with E-state index in [9.17, 15) is 8.42 Å². The molecule has 5 nitrogen and oxygen atoms in total. The average Bonchev–Trinajstić information content (AvgIpc) is 3.09. The van der Waals surface area contributed by atoms with Crippen LogP contribution in [0.15, 0.2) is 65.7 Å². The highest BCUT2D eigenvalue weighted by Gasteiger charge is 2.20. The lowest BCUT2D eigenvalue weighted by Gasteiger charge is -2.32. The molecule has 0 aliphatic carbocycles. The van der Waals surface area contributed by atoms with Gasteiger partial charge in [0.2, 0.25) is 0 Å². The maximum Gasteiger partial charge on any atom is 0.268 e. The smallest absolute Gasteiger partial charge is 0.268 e. The zero-order valence-electron chi connectivity index (χ0n) is 14.9. The average molecular weight is 369 g/mol. The molecule has 0 spiro atoms. The van der Waals surface area contributed by atoms with Gasteiger partial charge in [0.25, 0.3) is 10.0 Å². The number of para-hydroxylation sites is 1. The van der Waals surface area contributed by atoms with Crippen LogP contribution in [0.25, 0.3) is 10.9 Å². The lowest BCUT2D eigenvalue weighted by Crippen LogP contribution is -2.43. The first-order valence-corrected chi connectivity index (χ1v) is 10.3. The summed E-state index contributed by atoms with van der Waals surface area (Å²) in [5, 5.41) is 0.921. The summed E-state index contributed by atoms with van der Waals surface area (Å²) in [4.78, 5) is 5.02. The summed E-state index contributed by atoms with van der Waals surface area (Å²) in [6, 6.07) is 16.7. The van der Waals surface area contributed by atoms with Crippen LogP contribution in [0.5, 0.6) is 0 Å². The van der Waals surface area contributed by atoms with E-state index in [1.807, 2.05) is 48.5 Å². The summed E-state index contributed by atoms with van der Waals surface area (Å²) in [6.07, 6.45) is 1.63. The Balaban J connectivity index is 1.63. The normalized spacial score (nSPS) is 17.0. The number of hydrogen-bond acceptors (Lipinski definition) is 4. The Labute approximate surface area is 154 Å². The van der Waals surface area contributed by atoms with Crippen LogP contribution in [0.4, 0.5) is 0 Å². The van der Waals surface area contributed by atoms with Gasteiger partial charge in [-0.25, -0.2) is 12.4 Å². The molecule has 0 unspecified atom stereocenters. The fourth-order valence-electron chi connectivity index (χ4n) is 3.45. The highest BCUT2D eigenvalue weighted by Crippen LogP contribution is 2.23. The molecule has 1 aliphatic heterocycles. The van der Waals surface area contributed by atoms with Crippen molar-refractivity contribution in [2.45, 2.75) is 11.4 Å². The maximum absolute atomic E-state index is 13.1. The van der Waals surface area contributed by atoms with E-state index in [0.717, 1.165) is 43.7 Å². The summed E-state index contributed by atoms with van der Waals surface area (Å²) in [7, 11) is -1.47. The third-order valence-electron chi connectivity index (χ3n) is 5.02. The van der Waals surface area contributed by atoms with Crippen LogP contribution in [0, 0.1) is 0 Å². The van der Waals surface area contributed by atoms with Crippen molar-refractivity contribution in [1.82, 2.24) is 13.8 Å². The van der Waals surface area contributed by atoms with Crippen LogP contribution >= 0.6 is 0 Å². The van der Waals surface area contributed by atoms with Crippen LogP contribution in [-0.2, 0) is 16.6 Å². The van der Waals surface area contributed by atoms with Crippen molar-refractivity contribution in [2.24, 2.45) is 0 Å². The Morgan fingerprint density at radius 1 is 0.923 bits per heavy atom. The molecule has 6 heteroatoms. The Bertz CT molecular complexity index is 1020. The lowest BCUT2D eigenvalue weighted by atomic mass is 10.2. The molecule has 1 aromatic heterocycles. The molecule has 1 fully saturated rings. The zero-order valence-corrected chi connectivity index (χ0v) is 15.7. The lowest BCUT2D eigenvalue weighted by molar-refractivity contribution is 0.148. The fraction of sp³-hybridized carbons (Fsp3) is 0.300. The number of aromatic nitrogens is 1. The number of rotatable bonds is 4. The third kappa shape index (κ3) is 3.28. The first-order chi connectivity index (χ1) is 12.5. The van der Waals surface area contributed by atoms with Gasteiger partial charge in [-0.05, 0) is 36.9 Å². The fourth-order valence-corrected chi connectivity index (χ4v) is 4.87. The number of piperazine rings is 1. The maximum atomic E-state index is 13.1. The molecule has 136 valence electrons. The molecule has 3 aromatic rings. The van der Waals surface area contributed by atoms with Crippen molar-refractivity contribution in [3.63, 3.8) is 0 Å². The van der Waals surface area contributed by atoms with Gasteiger partial charge in [-0.3, -0.25) is 4.90 Å². The third-order valence-corrected chi connectivity index (χ3v) is 6.71. The van der Waals surface area contributed by atoms with Gasteiger partial charge < -0.3 is 4.90 Å². The van der Waals surface area contributed by atoms with Gasteiger partial charge in [0, 0.05) is 44.3 Å². The van der Waals surface area contributed by atoms with E-state index < -0.39 is 10.0 Å². The van der Waals surface area contributed by atoms with Crippen molar-refractivity contribution in [3.8, 4) is 0 Å². The molecule has 2 aromatic carbocycles. The molecular formula is C20H23N3O2S. The number of benzene rings is 2. The predicted molar refractivity (Wildman–Crippen MR) is 104 cm³/mol. The van der Waals surface area contributed by atoms with E-state index in [-0.39, 0.29) is 0 Å². The van der Waals surface area contributed by atoms with Crippen molar-refractivity contribution >= 4 is 20.9 Å². The highest BCUT2D eigenvalue weighted by molar-refractivity contribution is 7.90. The topological polar surface area (TPSA) is 45.6 Å². The minimum atomic E-state index is -3.60. The van der Waals surface area contributed by atoms with Gasteiger partial charge >= 0.3 is 0 Å².